The fourth-order valence-corrected chi connectivity index (χ4v) is 3.29. The predicted molar refractivity (Wildman–Crippen MR) is 83.4 cm³/mol. The third-order valence-electron chi connectivity index (χ3n) is 2.44. The molecule has 1 aromatic rings. The average molecular weight is 446 g/mol. The van der Waals surface area contributed by atoms with Crippen LogP contribution in [-0.4, -0.2) is 11.7 Å². The van der Waals surface area contributed by atoms with E-state index in [1.165, 1.54) is 0 Å². The molecule has 0 aromatic heterocycles. The Hall–Kier alpha value is 0.400. The summed E-state index contributed by atoms with van der Waals surface area (Å²) in [4.78, 5) is 0. The van der Waals surface area contributed by atoms with Crippen molar-refractivity contribution in [2.45, 2.75) is 25.3 Å². The van der Waals surface area contributed by atoms with Crippen molar-refractivity contribution in [2.75, 3.05) is 6.54 Å². The molecule has 16 heavy (non-hydrogen) atoms. The molecule has 0 bridgehead atoms. The summed E-state index contributed by atoms with van der Waals surface area (Å²) in [7, 11) is 0. The number of rotatable bonds is 5. The Morgan fingerprint density at radius 2 is 1.75 bits per heavy atom. The van der Waals surface area contributed by atoms with E-state index in [-0.39, 0.29) is 6.04 Å². The summed E-state index contributed by atoms with van der Waals surface area (Å²) >= 11 is 4.25. The molecule has 0 fully saturated rings. The first-order chi connectivity index (χ1) is 7.56. The van der Waals surface area contributed by atoms with Crippen LogP contribution in [0.1, 0.15) is 30.9 Å². The lowest BCUT2D eigenvalue weighted by Crippen LogP contribution is -2.11. The molecule has 1 atom stereocenters. The molecule has 0 saturated heterocycles. The Bertz CT molecular complexity index is 335. The summed E-state index contributed by atoms with van der Waals surface area (Å²) in [6.45, 7) is 0.720. The molecule has 0 spiro atoms. The van der Waals surface area contributed by atoms with Gasteiger partial charge in [0.25, 0.3) is 0 Å². The SMILES string of the molecule is NCCCC[C@@H](N)c1cc(I)c(O)c(I)c1. The van der Waals surface area contributed by atoms with Crippen LogP contribution in [0.4, 0.5) is 0 Å². The highest BCUT2D eigenvalue weighted by Gasteiger charge is 2.11. The molecular formula is C11H16I2N2O. The van der Waals surface area contributed by atoms with Crippen LogP contribution in [0.5, 0.6) is 5.75 Å². The Labute approximate surface area is 123 Å². The maximum atomic E-state index is 9.65. The minimum atomic E-state index is 0.0363. The molecule has 5 N–H and O–H groups in total. The van der Waals surface area contributed by atoms with Crippen LogP contribution >= 0.6 is 45.2 Å². The number of phenolic OH excluding ortho intramolecular Hbond substituents is 1. The van der Waals surface area contributed by atoms with Crippen LogP contribution < -0.4 is 11.5 Å². The Morgan fingerprint density at radius 3 is 2.25 bits per heavy atom. The lowest BCUT2D eigenvalue weighted by atomic mass is 10.0. The van der Waals surface area contributed by atoms with E-state index in [0.29, 0.717) is 5.75 Å². The number of benzene rings is 1. The van der Waals surface area contributed by atoms with Gasteiger partial charge in [-0.2, -0.15) is 0 Å². The van der Waals surface area contributed by atoms with Gasteiger partial charge in [0, 0.05) is 6.04 Å². The van der Waals surface area contributed by atoms with Crippen molar-refractivity contribution in [2.24, 2.45) is 11.5 Å². The van der Waals surface area contributed by atoms with Gasteiger partial charge in [0.2, 0.25) is 0 Å². The first kappa shape index (κ1) is 14.5. The van der Waals surface area contributed by atoms with E-state index in [1.807, 2.05) is 12.1 Å². The number of nitrogens with two attached hydrogens (primary N) is 2. The topological polar surface area (TPSA) is 72.3 Å². The first-order valence-electron chi connectivity index (χ1n) is 5.19. The number of hydrogen-bond acceptors (Lipinski definition) is 3. The number of aromatic hydroxyl groups is 1. The zero-order valence-corrected chi connectivity index (χ0v) is 13.2. The molecule has 3 nitrogen and oxygen atoms in total. The van der Waals surface area contributed by atoms with Gasteiger partial charge in [-0.05, 0) is 82.3 Å². The number of phenols is 1. The van der Waals surface area contributed by atoms with Gasteiger partial charge in [0.15, 0.2) is 0 Å². The van der Waals surface area contributed by atoms with Gasteiger partial charge in [-0.3, -0.25) is 0 Å². The van der Waals surface area contributed by atoms with Crippen LogP contribution in [0.2, 0.25) is 0 Å². The van der Waals surface area contributed by atoms with E-state index in [0.717, 1.165) is 38.5 Å². The highest BCUT2D eigenvalue weighted by Crippen LogP contribution is 2.30. The number of halogens is 2. The van der Waals surface area contributed by atoms with Crippen molar-refractivity contribution in [1.29, 1.82) is 0 Å². The number of hydrogen-bond donors (Lipinski definition) is 3. The fraction of sp³-hybridized carbons (Fsp3) is 0.455. The van der Waals surface area contributed by atoms with Crippen molar-refractivity contribution in [3.8, 4) is 5.75 Å². The quantitative estimate of drug-likeness (QED) is 0.482. The molecule has 0 aliphatic heterocycles. The zero-order chi connectivity index (χ0) is 12.1. The molecule has 1 aromatic carbocycles. The summed E-state index contributed by atoms with van der Waals surface area (Å²) in [5.41, 5.74) is 12.6. The van der Waals surface area contributed by atoms with Gasteiger partial charge in [-0.25, -0.2) is 0 Å². The summed E-state index contributed by atoms with van der Waals surface area (Å²) in [6, 6.07) is 3.94. The Balaban J connectivity index is 2.72. The highest BCUT2D eigenvalue weighted by atomic mass is 127. The molecule has 0 aliphatic rings. The van der Waals surface area contributed by atoms with Crippen molar-refractivity contribution < 1.29 is 5.11 Å². The lowest BCUT2D eigenvalue weighted by Gasteiger charge is -2.13. The van der Waals surface area contributed by atoms with Gasteiger partial charge in [0.05, 0.1) is 7.14 Å². The van der Waals surface area contributed by atoms with E-state index < -0.39 is 0 Å². The van der Waals surface area contributed by atoms with Gasteiger partial charge < -0.3 is 16.6 Å². The lowest BCUT2D eigenvalue weighted by molar-refractivity contribution is 0.466. The second-order valence-corrected chi connectivity index (χ2v) is 6.05. The fourth-order valence-electron chi connectivity index (χ4n) is 1.47. The molecular weight excluding hydrogens is 430 g/mol. The van der Waals surface area contributed by atoms with E-state index >= 15 is 0 Å². The maximum Gasteiger partial charge on any atom is 0.142 e. The van der Waals surface area contributed by atoms with Crippen LogP contribution in [-0.2, 0) is 0 Å². The van der Waals surface area contributed by atoms with Gasteiger partial charge in [0.1, 0.15) is 5.75 Å². The Morgan fingerprint density at radius 1 is 1.19 bits per heavy atom. The minimum Gasteiger partial charge on any atom is -0.506 e. The van der Waals surface area contributed by atoms with Crippen molar-refractivity contribution in [1.82, 2.24) is 0 Å². The van der Waals surface area contributed by atoms with Gasteiger partial charge in [-0.15, -0.1) is 0 Å². The van der Waals surface area contributed by atoms with Crippen molar-refractivity contribution in [3.63, 3.8) is 0 Å². The van der Waals surface area contributed by atoms with Crippen LogP contribution in [0, 0.1) is 7.14 Å². The van der Waals surface area contributed by atoms with E-state index in [9.17, 15) is 5.11 Å². The molecule has 0 radical (unpaired) electrons. The summed E-state index contributed by atoms with van der Waals surface area (Å²) < 4.78 is 1.71. The smallest absolute Gasteiger partial charge is 0.142 e. The van der Waals surface area contributed by atoms with Crippen molar-refractivity contribution in [3.05, 3.63) is 24.8 Å². The van der Waals surface area contributed by atoms with Crippen LogP contribution in [0.25, 0.3) is 0 Å². The van der Waals surface area contributed by atoms with Crippen molar-refractivity contribution >= 4 is 45.2 Å². The summed E-state index contributed by atoms with van der Waals surface area (Å²) in [6.07, 6.45) is 3.00. The molecule has 0 unspecified atom stereocenters. The number of unbranched alkanes of at least 4 members (excludes halogenated alkanes) is 1. The molecule has 90 valence electrons. The van der Waals surface area contributed by atoms with E-state index in [4.69, 9.17) is 11.5 Å². The predicted octanol–water partition coefficient (Wildman–Crippen LogP) is 2.73. The zero-order valence-electron chi connectivity index (χ0n) is 8.92. The van der Waals surface area contributed by atoms with Crippen LogP contribution in [0.15, 0.2) is 12.1 Å². The van der Waals surface area contributed by atoms with E-state index in [2.05, 4.69) is 45.2 Å². The molecule has 1 rings (SSSR count). The monoisotopic (exact) mass is 446 g/mol. The largest absolute Gasteiger partial charge is 0.506 e. The standard InChI is InChI=1S/C11H16I2N2O/c12-8-5-7(6-9(13)11(8)16)10(15)3-1-2-4-14/h5-6,10,16H,1-4,14-15H2/t10-/m1/s1. The normalized spacial score (nSPS) is 12.8. The second-order valence-electron chi connectivity index (χ2n) is 3.72. The highest BCUT2D eigenvalue weighted by molar-refractivity contribution is 14.1. The second kappa shape index (κ2) is 6.97. The third kappa shape index (κ3) is 4.01. The van der Waals surface area contributed by atoms with Gasteiger partial charge >= 0.3 is 0 Å². The molecule has 0 heterocycles. The molecule has 0 saturated carbocycles. The average Bonchev–Trinajstić information content (AvgIpc) is 2.25. The van der Waals surface area contributed by atoms with Crippen LogP contribution in [0.3, 0.4) is 0 Å². The summed E-state index contributed by atoms with van der Waals surface area (Å²) in [5.74, 6) is 0.346. The molecule has 0 aliphatic carbocycles. The van der Waals surface area contributed by atoms with E-state index in [1.54, 1.807) is 0 Å². The Kier molecular flexibility index (Phi) is 6.30. The third-order valence-corrected chi connectivity index (χ3v) is 4.08. The maximum absolute atomic E-state index is 9.65. The first-order valence-corrected chi connectivity index (χ1v) is 7.35. The molecule has 0 amide bonds. The summed E-state index contributed by atoms with van der Waals surface area (Å²) in [5, 5.41) is 9.65. The molecule has 5 heteroatoms. The minimum absolute atomic E-state index is 0.0363. The van der Waals surface area contributed by atoms with Gasteiger partial charge in [-0.1, -0.05) is 6.42 Å².